The van der Waals surface area contributed by atoms with Gasteiger partial charge in [-0.1, -0.05) is 6.07 Å². The molecule has 24 heavy (non-hydrogen) atoms. The van der Waals surface area contributed by atoms with Crippen LogP contribution in [0.3, 0.4) is 0 Å². The summed E-state index contributed by atoms with van der Waals surface area (Å²) < 4.78 is 11.4. The van der Waals surface area contributed by atoms with Crippen LogP contribution in [0.2, 0.25) is 0 Å². The SMILES string of the molecule is CC(C)Oc1ccc(COc2ccc3c(c2)CCC3=O)cc1C#N. The predicted molar refractivity (Wildman–Crippen MR) is 90.3 cm³/mol. The van der Waals surface area contributed by atoms with Crippen LogP contribution in [0.15, 0.2) is 36.4 Å². The van der Waals surface area contributed by atoms with Crippen LogP contribution in [-0.2, 0) is 13.0 Å². The zero-order valence-electron chi connectivity index (χ0n) is 13.8. The zero-order chi connectivity index (χ0) is 17.1. The molecule has 122 valence electrons. The molecular weight excluding hydrogens is 302 g/mol. The molecule has 0 atom stereocenters. The molecule has 0 bridgehead atoms. The van der Waals surface area contributed by atoms with E-state index in [0.29, 0.717) is 24.3 Å². The summed E-state index contributed by atoms with van der Waals surface area (Å²) in [6, 6.07) is 13.2. The Balaban J connectivity index is 1.71. The van der Waals surface area contributed by atoms with Gasteiger partial charge in [0.2, 0.25) is 0 Å². The molecule has 0 aromatic heterocycles. The van der Waals surface area contributed by atoms with E-state index in [2.05, 4.69) is 6.07 Å². The van der Waals surface area contributed by atoms with E-state index in [4.69, 9.17) is 9.47 Å². The molecule has 0 spiro atoms. The molecule has 1 aliphatic rings. The largest absolute Gasteiger partial charge is 0.490 e. The molecule has 2 aromatic carbocycles. The average Bonchev–Trinajstić information content (AvgIpc) is 2.94. The zero-order valence-corrected chi connectivity index (χ0v) is 13.8. The van der Waals surface area contributed by atoms with Gasteiger partial charge in [0.05, 0.1) is 11.7 Å². The van der Waals surface area contributed by atoms with Crippen LogP contribution in [0.5, 0.6) is 11.5 Å². The molecule has 4 nitrogen and oxygen atoms in total. The van der Waals surface area contributed by atoms with Crippen molar-refractivity contribution in [3.63, 3.8) is 0 Å². The summed E-state index contributed by atoms with van der Waals surface area (Å²) in [6.07, 6.45) is 1.39. The van der Waals surface area contributed by atoms with Crippen LogP contribution in [0.25, 0.3) is 0 Å². The molecule has 3 rings (SSSR count). The number of carbonyl (C=O) groups is 1. The Labute approximate surface area is 141 Å². The Morgan fingerprint density at radius 3 is 2.75 bits per heavy atom. The Hall–Kier alpha value is -2.80. The quantitative estimate of drug-likeness (QED) is 0.833. The maximum absolute atomic E-state index is 11.7. The number of carbonyl (C=O) groups excluding carboxylic acids is 1. The van der Waals surface area contributed by atoms with Crippen molar-refractivity contribution in [2.45, 2.75) is 39.4 Å². The van der Waals surface area contributed by atoms with E-state index in [1.165, 1.54) is 0 Å². The van der Waals surface area contributed by atoms with Crippen LogP contribution >= 0.6 is 0 Å². The Morgan fingerprint density at radius 1 is 1.17 bits per heavy atom. The molecule has 2 aromatic rings. The minimum absolute atomic E-state index is 0.0216. The van der Waals surface area contributed by atoms with Gasteiger partial charge in [0.25, 0.3) is 0 Å². The third kappa shape index (κ3) is 3.41. The average molecular weight is 321 g/mol. The number of nitrogens with zero attached hydrogens (tertiary/aromatic N) is 1. The van der Waals surface area contributed by atoms with Gasteiger partial charge in [-0.2, -0.15) is 5.26 Å². The molecule has 1 aliphatic carbocycles. The normalized spacial score (nSPS) is 12.8. The fourth-order valence-electron chi connectivity index (χ4n) is 2.80. The van der Waals surface area contributed by atoms with Gasteiger partial charge >= 0.3 is 0 Å². The standard InChI is InChI=1S/C20H19NO3/c1-13(2)24-20-8-3-14(9-16(20)11-21)12-23-17-5-6-18-15(10-17)4-7-19(18)22/h3,5-6,8-10,13H,4,7,12H2,1-2H3. The van der Waals surface area contributed by atoms with Crippen molar-refractivity contribution in [3.8, 4) is 17.6 Å². The number of nitriles is 1. The van der Waals surface area contributed by atoms with Gasteiger partial charge in [0.15, 0.2) is 5.78 Å². The van der Waals surface area contributed by atoms with E-state index in [9.17, 15) is 10.1 Å². The van der Waals surface area contributed by atoms with Crippen LogP contribution in [0, 0.1) is 11.3 Å². The Bertz CT molecular complexity index is 818. The number of hydrogen-bond donors (Lipinski definition) is 0. The van der Waals surface area contributed by atoms with Gasteiger partial charge < -0.3 is 9.47 Å². The molecule has 0 saturated carbocycles. The van der Waals surface area contributed by atoms with Crippen molar-refractivity contribution in [1.29, 1.82) is 5.26 Å². The molecule has 0 radical (unpaired) electrons. The summed E-state index contributed by atoms with van der Waals surface area (Å²) in [5, 5.41) is 9.27. The molecule has 0 aliphatic heterocycles. The molecule has 0 saturated heterocycles. The van der Waals surface area contributed by atoms with E-state index in [1.807, 2.05) is 38.1 Å². The van der Waals surface area contributed by atoms with Gasteiger partial charge in [0, 0.05) is 12.0 Å². The second kappa shape index (κ2) is 6.76. The lowest BCUT2D eigenvalue weighted by Gasteiger charge is -2.13. The van der Waals surface area contributed by atoms with Gasteiger partial charge in [-0.05, 0) is 61.7 Å². The summed E-state index contributed by atoms with van der Waals surface area (Å²) in [5.41, 5.74) is 3.27. The highest BCUT2D eigenvalue weighted by molar-refractivity contribution is 6.00. The third-order valence-corrected chi connectivity index (χ3v) is 3.93. The van der Waals surface area contributed by atoms with Crippen LogP contribution in [-0.4, -0.2) is 11.9 Å². The lowest BCUT2D eigenvalue weighted by Crippen LogP contribution is -2.07. The van der Waals surface area contributed by atoms with Crippen molar-refractivity contribution >= 4 is 5.78 Å². The number of hydrogen-bond acceptors (Lipinski definition) is 4. The Morgan fingerprint density at radius 2 is 2.00 bits per heavy atom. The number of ether oxygens (including phenoxy) is 2. The second-order valence-corrected chi connectivity index (χ2v) is 6.14. The van der Waals surface area contributed by atoms with E-state index < -0.39 is 0 Å². The van der Waals surface area contributed by atoms with Gasteiger partial charge in [-0.15, -0.1) is 0 Å². The van der Waals surface area contributed by atoms with E-state index >= 15 is 0 Å². The van der Waals surface area contributed by atoms with E-state index in [-0.39, 0.29) is 11.9 Å². The van der Waals surface area contributed by atoms with Crippen LogP contribution in [0.4, 0.5) is 0 Å². The first-order valence-electron chi connectivity index (χ1n) is 8.05. The number of aryl methyl sites for hydroxylation is 1. The minimum atomic E-state index is 0.0216. The summed E-state index contributed by atoms with van der Waals surface area (Å²) in [4.78, 5) is 11.7. The number of benzene rings is 2. The highest BCUT2D eigenvalue weighted by Gasteiger charge is 2.19. The molecule has 0 fully saturated rings. The van der Waals surface area contributed by atoms with Crippen LogP contribution < -0.4 is 9.47 Å². The monoisotopic (exact) mass is 321 g/mol. The summed E-state index contributed by atoms with van der Waals surface area (Å²) >= 11 is 0. The first-order valence-corrected chi connectivity index (χ1v) is 8.05. The first-order chi connectivity index (χ1) is 11.6. The number of fused-ring (bicyclic) bond motifs is 1. The minimum Gasteiger partial charge on any atom is -0.490 e. The molecule has 0 amide bonds. The van der Waals surface area contributed by atoms with Crippen molar-refractivity contribution in [3.05, 3.63) is 58.7 Å². The fraction of sp³-hybridized carbons (Fsp3) is 0.300. The predicted octanol–water partition coefficient (Wildman–Crippen LogP) is 4.05. The number of Topliss-reactive ketones (excluding diaryl/α,β-unsaturated/α-hetero) is 1. The fourth-order valence-corrected chi connectivity index (χ4v) is 2.80. The maximum Gasteiger partial charge on any atom is 0.163 e. The van der Waals surface area contributed by atoms with Gasteiger partial charge in [-0.25, -0.2) is 0 Å². The lowest BCUT2D eigenvalue weighted by molar-refractivity contribution is 0.0994. The Kier molecular flexibility index (Phi) is 4.52. The number of ketones is 1. The maximum atomic E-state index is 11.7. The number of rotatable bonds is 5. The van der Waals surface area contributed by atoms with Crippen molar-refractivity contribution in [2.75, 3.05) is 0 Å². The van der Waals surface area contributed by atoms with Gasteiger partial charge in [-0.3, -0.25) is 4.79 Å². The molecular formula is C20H19NO3. The summed E-state index contributed by atoms with van der Waals surface area (Å²) in [7, 11) is 0. The van der Waals surface area contributed by atoms with Crippen LogP contribution in [0.1, 0.15) is 47.3 Å². The van der Waals surface area contributed by atoms with Crippen molar-refractivity contribution in [1.82, 2.24) is 0 Å². The molecule has 4 heteroatoms. The lowest BCUT2D eigenvalue weighted by atomic mass is 10.1. The van der Waals surface area contributed by atoms with Gasteiger partial charge in [0.1, 0.15) is 24.2 Å². The highest BCUT2D eigenvalue weighted by Crippen LogP contribution is 2.27. The topological polar surface area (TPSA) is 59.3 Å². The smallest absolute Gasteiger partial charge is 0.163 e. The summed E-state index contributed by atoms with van der Waals surface area (Å²) in [6.45, 7) is 4.22. The molecule has 0 heterocycles. The summed E-state index contributed by atoms with van der Waals surface area (Å²) in [5.74, 6) is 1.53. The molecule has 0 unspecified atom stereocenters. The highest BCUT2D eigenvalue weighted by atomic mass is 16.5. The molecule has 0 N–H and O–H groups in total. The second-order valence-electron chi connectivity index (χ2n) is 6.14. The first kappa shape index (κ1) is 16.1. The third-order valence-electron chi connectivity index (χ3n) is 3.93. The van der Waals surface area contributed by atoms with E-state index in [0.717, 1.165) is 28.9 Å². The van der Waals surface area contributed by atoms with Crippen molar-refractivity contribution in [2.24, 2.45) is 0 Å². The van der Waals surface area contributed by atoms with E-state index in [1.54, 1.807) is 12.1 Å². The van der Waals surface area contributed by atoms with Crippen molar-refractivity contribution < 1.29 is 14.3 Å².